The Balaban J connectivity index is 1.45. The van der Waals surface area contributed by atoms with Crippen molar-refractivity contribution in [3.05, 3.63) is 93.2 Å². The molecular weight excluding hydrogens is 542 g/mol. The first-order valence-corrected chi connectivity index (χ1v) is 12.7. The molecule has 0 bridgehead atoms. The average Bonchev–Trinajstić information content (AvgIpc) is 2.86. The van der Waals surface area contributed by atoms with Gasteiger partial charge in [-0.2, -0.15) is 8.78 Å². The smallest absolute Gasteiger partial charge is 0.298 e. The summed E-state index contributed by atoms with van der Waals surface area (Å²) in [5.41, 5.74) is 0.108. The molecule has 3 aromatic rings. The third-order valence-electron chi connectivity index (χ3n) is 6.47. The molecule has 2 N–H and O–H groups in total. The van der Waals surface area contributed by atoms with E-state index in [2.05, 4.69) is 5.32 Å². The third kappa shape index (κ3) is 6.26. The van der Waals surface area contributed by atoms with Crippen molar-refractivity contribution in [3.63, 3.8) is 0 Å². The molecule has 1 aliphatic heterocycles. The summed E-state index contributed by atoms with van der Waals surface area (Å²) in [6, 6.07) is 14.3. The van der Waals surface area contributed by atoms with Gasteiger partial charge in [0.05, 0.1) is 19.6 Å². The predicted octanol–water partition coefficient (Wildman–Crippen LogP) is 6.87. The summed E-state index contributed by atoms with van der Waals surface area (Å²) >= 11 is 12.5. The number of hydrogen-bond donors (Lipinski definition) is 2. The second kappa shape index (κ2) is 11.5. The molecule has 1 saturated heterocycles. The Hall–Kier alpha value is -2.78. The number of ether oxygens (including phenoxy) is 2. The van der Waals surface area contributed by atoms with Gasteiger partial charge in [-0.3, -0.25) is 4.79 Å². The number of rotatable bonds is 8. The molecule has 0 saturated carbocycles. The fourth-order valence-electron chi connectivity index (χ4n) is 4.33. The Bertz CT molecular complexity index is 1300. The van der Waals surface area contributed by atoms with E-state index in [1.165, 1.54) is 36.4 Å². The molecule has 0 radical (unpaired) electrons. The van der Waals surface area contributed by atoms with Crippen molar-refractivity contribution >= 4 is 34.8 Å². The lowest BCUT2D eigenvalue weighted by molar-refractivity contribution is -0.115. The number of aliphatic hydroxyl groups excluding tert-OH is 1. The van der Waals surface area contributed by atoms with Gasteiger partial charge in [0.2, 0.25) is 5.91 Å². The van der Waals surface area contributed by atoms with E-state index in [9.17, 15) is 18.7 Å². The summed E-state index contributed by atoms with van der Waals surface area (Å²) < 4.78 is 54.7. The molecule has 202 valence electrons. The van der Waals surface area contributed by atoms with Crippen molar-refractivity contribution in [1.29, 1.82) is 0 Å². The quantitative estimate of drug-likeness (QED) is 0.311. The molecule has 0 aromatic heterocycles. The monoisotopic (exact) mass is 567 g/mol. The fraction of sp³-hybridized carbons (Fsp3) is 0.321. The minimum Gasteiger partial charge on any atom is -0.479 e. The Morgan fingerprint density at radius 2 is 1.79 bits per heavy atom. The van der Waals surface area contributed by atoms with E-state index in [1.54, 1.807) is 18.2 Å². The topological polar surface area (TPSA) is 67.8 Å². The van der Waals surface area contributed by atoms with Crippen LogP contribution in [0.2, 0.25) is 10.0 Å². The first-order valence-electron chi connectivity index (χ1n) is 12.0. The van der Waals surface area contributed by atoms with Crippen LogP contribution in [-0.4, -0.2) is 30.3 Å². The Morgan fingerprint density at radius 1 is 1.11 bits per heavy atom. The van der Waals surface area contributed by atoms with Crippen LogP contribution in [0, 0.1) is 5.82 Å². The number of amides is 1. The van der Waals surface area contributed by atoms with Crippen molar-refractivity contribution in [2.75, 3.05) is 18.5 Å². The van der Waals surface area contributed by atoms with Crippen LogP contribution >= 0.6 is 23.2 Å². The van der Waals surface area contributed by atoms with Crippen molar-refractivity contribution in [1.82, 2.24) is 0 Å². The van der Waals surface area contributed by atoms with Gasteiger partial charge in [0, 0.05) is 45.8 Å². The highest BCUT2D eigenvalue weighted by molar-refractivity contribution is 6.35. The molecular formula is C28H26Cl2F3NO4. The van der Waals surface area contributed by atoms with Gasteiger partial charge in [0.1, 0.15) is 11.7 Å². The van der Waals surface area contributed by atoms with Crippen molar-refractivity contribution in [3.8, 4) is 5.75 Å². The number of alkyl halides is 2. The minimum atomic E-state index is -3.40. The van der Waals surface area contributed by atoms with Crippen molar-refractivity contribution < 1.29 is 32.5 Å². The highest BCUT2D eigenvalue weighted by Crippen LogP contribution is 2.42. The van der Waals surface area contributed by atoms with Gasteiger partial charge in [0.15, 0.2) is 11.6 Å². The lowest BCUT2D eigenvalue weighted by Crippen LogP contribution is -2.39. The van der Waals surface area contributed by atoms with E-state index in [4.69, 9.17) is 32.7 Å². The van der Waals surface area contributed by atoms with Crippen LogP contribution in [0.4, 0.5) is 18.9 Å². The number of hydrogen-bond acceptors (Lipinski definition) is 4. The molecule has 1 aliphatic rings. The number of aliphatic hydroxyl groups is 1. The largest absolute Gasteiger partial charge is 0.479 e. The SMILES string of the molecule is CC(O)C(F)(F)c1ccc(CC(=O)Nc2ccc(OC3(c4ccc(Cl)cc4Cl)CCOCC3)c(F)c2)cc1. The molecule has 4 rings (SSSR count). The first-order chi connectivity index (χ1) is 18.0. The van der Waals surface area contributed by atoms with Gasteiger partial charge in [-0.15, -0.1) is 0 Å². The van der Waals surface area contributed by atoms with Crippen LogP contribution in [-0.2, 0) is 27.5 Å². The van der Waals surface area contributed by atoms with Crippen molar-refractivity contribution in [2.24, 2.45) is 0 Å². The lowest BCUT2D eigenvalue weighted by atomic mass is 9.86. The third-order valence-corrected chi connectivity index (χ3v) is 7.02. The molecule has 3 aromatic carbocycles. The molecule has 38 heavy (non-hydrogen) atoms. The van der Waals surface area contributed by atoms with Crippen LogP contribution in [0.5, 0.6) is 5.75 Å². The Morgan fingerprint density at radius 3 is 2.39 bits per heavy atom. The average molecular weight is 568 g/mol. The zero-order valence-corrected chi connectivity index (χ0v) is 22.0. The molecule has 5 nitrogen and oxygen atoms in total. The summed E-state index contributed by atoms with van der Waals surface area (Å²) in [5, 5.41) is 12.8. The highest BCUT2D eigenvalue weighted by atomic mass is 35.5. The maximum absolute atomic E-state index is 15.1. The molecule has 0 spiro atoms. The first kappa shape index (κ1) is 28.2. The Kier molecular flexibility index (Phi) is 8.57. The molecule has 0 aliphatic carbocycles. The van der Waals surface area contributed by atoms with Gasteiger partial charge in [0.25, 0.3) is 5.92 Å². The van der Waals surface area contributed by atoms with Crippen LogP contribution < -0.4 is 10.1 Å². The summed E-state index contributed by atoms with van der Waals surface area (Å²) in [5.74, 6) is -4.54. The molecule has 10 heteroatoms. The van der Waals surface area contributed by atoms with E-state index in [0.717, 1.165) is 13.0 Å². The van der Waals surface area contributed by atoms with E-state index in [0.29, 0.717) is 47.2 Å². The maximum atomic E-state index is 15.1. The van der Waals surface area contributed by atoms with Gasteiger partial charge in [-0.25, -0.2) is 4.39 Å². The van der Waals surface area contributed by atoms with E-state index >= 15 is 4.39 Å². The second-order valence-electron chi connectivity index (χ2n) is 9.20. The Labute approximate surface area is 228 Å². The summed E-state index contributed by atoms with van der Waals surface area (Å²) in [7, 11) is 0. The minimum absolute atomic E-state index is 0.00876. The molecule has 1 fully saturated rings. The van der Waals surface area contributed by atoms with Gasteiger partial charge < -0.3 is 19.9 Å². The number of halogens is 5. The maximum Gasteiger partial charge on any atom is 0.298 e. The molecule has 1 heterocycles. The normalized spacial score (nSPS) is 16.1. The number of carbonyl (C=O) groups is 1. The molecule has 1 atom stereocenters. The van der Waals surface area contributed by atoms with Crippen LogP contribution in [0.1, 0.15) is 36.5 Å². The van der Waals surface area contributed by atoms with Gasteiger partial charge in [-0.1, -0.05) is 53.5 Å². The van der Waals surface area contributed by atoms with E-state index in [-0.39, 0.29) is 23.4 Å². The number of carbonyl (C=O) groups excluding carboxylic acids is 1. The fourth-order valence-corrected chi connectivity index (χ4v) is 4.92. The summed E-state index contributed by atoms with van der Waals surface area (Å²) in [4.78, 5) is 12.5. The molecule has 1 amide bonds. The lowest BCUT2D eigenvalue weighted by Gasteiger charge is -2.38. The number of benzene rings is 3. The number of nitrogens with one attached hydrogen (secondary N) is 1. The van der Waals surface area contributed by atoms with Gasteiger partial charge in [-0.05, 0) is 36.8 Å². The zero-order chi connectivity index (χ0) is 27.5. The van der Waals surface area contributed by atoms with Crippen LogP contribution in [0.25, 0.3) is 0 Å². The zero-order valence-electron chi connectivity index (χ0n) is 20.4. The standard InChI is InChI=1S/C28H26Cl2F3NO4/c1-17(35)28(32,33)19-4-2-18(3-5-19)14-26(36)34-21-7-9-25(24(31)16-21)38-27(10-12-37-13-11-27)22-8-6-20(29)15-23(22)30/h2-9,15-17,35H,10-14H2,1H3,(H,34,36). The second-order valence-corrected chi connectivity index (χ2v) is 10.0. The summed E-state index contributed by atoms with van der Waals surface area (Å²) in [6.45, 7) is 1.83. The van der Waals surface area contributed by atoms with Crippen molar-refractivity contribution in [2.45, 2.75) is 43.8 Å². The van der Waals surface area contributed by atoms with Crippen LogP contribution in [0.15, 0.2) is 60.7 Å². The predicted molar refractivity (Wildman–Crippen MR) is 140 cm³/mol. The highest BCUT2D eigenvalue weighted by Gasteiger charge is 2.39. The van der Waals surface area contributed by atoms with E-state index < -0.39 is 29.4 Å². The molecule has 1 unspecified atom stereocenters. The number of anilines is 1. The van der Waals surface area contributed by atoms with E-state index in [1.807, 2.05) is 0 Å². The van der Waals surface area contributed by atoms with Crippen LogP contribution in [0.3, 0.4) is 0 Å². The van der Waals surface area contributed by atoms with Gasteiger partial charge >= 0.3 is 0 Å². The summed E-state index contributed by atoms with van der Waals surface area (Å²) in [6.07, 6.45) is -1.05.